The van der Waals surface area contributed by atoms with E-state index in [1.54, 1.807) is 36.4 Å². The second kappa shape index (κ2) is 10.5. The van der Waals surface area contributed by atoms with Crippen LogP contribution >= 0.6 is 0 Å². The van der Waals surface area contributed by atoms with Gasteiger partial charge in [-0.15, -0.1) is 0 Å². The van der Waals surface area contributed by atoms with E-state index in [2.05, 4.69) is 33.9 Å². The van der Waals surface area contributed by atoms with Crippen molar-refractivity contribution in [3.8, 4) is 0 Å². The van der Waals surface area contributed by atoms with Crippen molar-refractivity contribution < 1.29 is 13.2 Å². The smallest absolute Gasteiger partial charge is 0.261 e. The Labute approximate surface area is 195 Å². The van der Waals surface area contributed by atoms with E-state index in [1.807, 2.05) is 29.2 Å². The van der Waals surface area contributed by atoms with E-state index in [4.69, 9.17) is 0 Å². The normalized spacial score (nSPS) is 15.0. The van der Waals surface area contributed by atoms with Crippen molar-refractivity contribution in [2.75, 3.05) is 37.4 Å². The van der Waals surface area contributed by atoms with Gasteiger partial charge in [0.1, 0.15) is 0 Å². The number of carbonyl (C=O) groups is 1. The van der Waals surface area contributed by atoms with Gasteiger partial charge in [-0.25, -0.2) is 8.42 Å². The number of para-hydroxylation sites is 1. The SMILES string of the molecule is O=C(c1ccc(S(=O)(=O)Nc2ccccc2)cc1)N1CCN(C/C=C/c2ccccc2)CC1. The third-order valence-electron chi connectivity index (χ3n) is 5.57. The third kappa shape index (κ3) is 6.09. The van der Waals surface area contributed by atoms with Crippen LogP contribution in [0.25, 0.3) is 6.08 Å². The van der Waals surface area contributed by atoms with E-state index in [-0.39, 0.29) is 10.8 Å². The first kappa shape index (κ1) is 22.8. The molecule has 0 aromatic heterocycles. The number of hydrogen-bond donors (Lipinski definition) is 1. The summed E-state index contributed by atoms with van der Waals surface area (Å²) in [6, 6.07) is 25.0. The Morgan fingerprint density at radius 2 is 1.42 bits per heavy atom. The van der Waals surface area contributed by atoms with E-state index in [1.165, 1.54) is 17.7 Å². The maximum atomic E-state index is 12.9. The van der Waals surface area contributed by atoms with E-state index in [0.29, 0.717) is 24.3 Å². The van der Waals surface area contributed by atoms with Gasteiger partial charge in [0.15, 0.2) is 0 Å². The largest absolute Gasteiger partial charge is 0.336 e. The zero-order valence-corrected chi connectivity index (χ0v) is 19.1. The topological polar surface area (TPSA) is 69.7 Å². The van der Waals surface area contributed by atoms with Gasteiger partial charge in [-0.05, 0) is 42.0 Å². The number of nitrogens with one attached hydrogen (secondary N) is 1. The molecular formula is C26H27N3O3S. The van der Waals surface area contributed by atoms with Gasteiger partial charge < -0.3 is 4.90 Å². The summed E-state index contributed by atoms with van der Waals surface area (Å²) in [5.41, 5.74) is 2.16. The van der Waals surface area contributed by atoms with Crippen LogP contribution in [0.3, 0.4) is 0 Å². The molecule has 1 saturated heterocycles. The molecule has 3 aromatic rings. The maximum absolute atomic E-state index is 12.9. The molecule has 4 rings (SSSR count). The molecule has 1 aliphatic heterocycles. The number of anilines is 1. The first-order valence-electron chi connectivity index (χ1n) is 10.9. The van der Waals surface area contributed by atoms with Gasteiger partial charge in [0.05, 0.1) is 4.90 Å². The summed E-state index contributed by atoms with van der Waals surface area (Å²) in [6.07, 6.45) is 4.26. The number of carbonyl (C=O) groups excluding carboxylic acids is 1. The van der Waals surface area contributed by atoms with Crippen LogP contribution in [-0.4, -0.2) is 56.8 Å². The van der Waals surface area contributed by atoms with Gasteiger partial charge >= 0.3 is 0 Å². The molecule has 1 aliphatic rings. The van der Waals surface area contributed by atoms with E-state index in [9.17, 15) is 13.2 Å². The van der Waals surface area contributed by atoms with Gasteiger partial charge in [-0.3, -0.25) is 14.4 Å². The second-order valence-corrected chi connectivity index (χ2v) is 9.58. The zero-order valence-electron chi connectivity index (χ0n) is 18.3. The van der Waals surface area contributed by atoms with Gasteiger partial charge in [-0.1, -0.05) is 60.7 Å². The summed E-state index contributed by atoms with van der Waals surface area (Å²) in [7, 11) is -3.70. The summed E-state index contributed by atoms with van der Waals surface area (Å²) in [5, 5.41) is 0. The van der Waals surface area contributed by atoms with Crippen LogP contribution in [0, 0.1) is 0 Å². The summed E-state index contributed by atoms with van der Waals surface area (Å²) < 4.78 is 27.7. The minimum absolute atomic E-state index is 0.0746. The second-order valence-electron chi connectivity index (χ2n) is 7.90. The molecule has 1 N–H and O–H groups in total. The lowest BCUT2D eigenvalue weighted by atomic mass is 10.2. The van der Waals surface area contributed by atoms with Crippen molar-refractivity contribution >= 4 is 27.7 Å². The van der Waals surface area contributed by atoms with Gasteiger partial charge in [0.25, 0.3) is 15.9 Å². The quantitative estimate of drug-likeness (QED) is 0.578. The number of sulfonamides is 1. The third-order valence-corrected chi connectivity index (χ3v) is 6.97. The van der Waals surface area contributed by atoms with Crippen LogP contribution in [0.1, 0.15) is 15.9 Å². The van der Waals surface area contributed by atoms with Gasteiger partial charge in [0.2, 0.25) is 0 Å². The van der Waals surface area contributed by atoms with E-state index < -0.39 is 10.0 Å². The first-order valence-corrected chi connectivity index (χ1v) is 12.4. The molecule has 0 bridgehead atoms. The molecular weight excluding hydrogens is 434 g/mol. The van der Waals surface area contributed by atoms with Gasteiger partial charge in [-0.2, -0.15) is 0 Å². The monoisotopic (exact) mass is 461 g/mol. The summed E-state index contributed by atoms with van der Waals surface area (Å²) in [5.74, 6) is -0.0746. The molecule has 6 nitrogen and oxygen atoms in total. The van der Waals surface area contributed by atoms with Crippen LogP contribution in [0.2, 0.25) is 0 Å². The number of nitrogens with zero attached hydrogens (tertiary/aromatic N) is 2. The van der Waals surface area contributed by atoms with Crippen molar-refractivity contribution in [1.29, 1.82) is 0 Å². The van der Waals surface area contributed by atoms with Crippen molar-refractivity contribution in [1.82, 2.24) is 9.80 Å². The van der Waals surface area contributed by atoms with Crippen LogP contribution in [-0.2, 0) is 10.0 Å². The molecule has 1 amide bonds. The van der Waals surface area contributed by atoms with Crippen LogP contribution in [0.4, 0.5) is 5.69 Å². The van der Waals surface area contributed by atoms with Crippen molar-refractivity contribution in [3.05, 3.63) is 102 Å². The lowest BCUT2D eigenvalue weighted by Crippen LogP contribution is -2.48. The first-order chi connectivity index (χ1) is 16.0. The Kier molecular flexibility index (Phi) is 7.22. The summed E-state index contributed by atoms with van der Waals surface area (Å²) in [4.78, 5) is 17.1. The maximum Gasteiger partial charge on any atom is 0.261 e. The molecule has 0 aliphatic carbocycles. The van der Waals surface area contributed by atoms with Crippen molar-refractivity contribution in [2.24, 2.45) is 0 Å². The Morgan fingerprint density at radius 1 is 0.818 bits per heavy atom. The molecule has 33 heavy (non-hydrogen) atoms. The fraction of sp³-hybridized carbons (Fsp3) is 0.192. The Bertz CT molecular complexity index is 1190. The lowest BCUT2D eigenvalue weighted by Gasteiger charge is -2.34. The molecule has 0 unspecified atom stereocenters. The highest BCUT2D eigenvalue weighted by molar-refractivity contribution is 7.92. The summed E-state index contributed by atoms with van der Waals surface area (Å²) in [6.45, 7) is 3.75. The van der Waals surface area contributed by atoms with Gasteiger partial charge in [0, 0.05) is 44.0 Å². The minimum atomic E-state index is -3.70. The Balaban J connectivity index is 1.30. The fourth-order valence-corrected chi connectivity index (χ4v) is 4.77. The van der Waals surface area contributed by atoms with Crippen molar-refractivity contribution in [2.45, 2.75) is 4.90 Å². The van der Waals surface area contributed by atoms with Crippen LogP contribution < -0.4 is 4.72 Å². The number of rotatable bonds is 7. The highest BCUT2D eigenvalue weighted by Crippen LogP contribution is 2.17. The number of amides is 1. The van der Waals surface area contributed by atoms with Crippen molar-refractivity contribution in [3.63, 3.8) is 0 Å². The lowest BCUT2D eigenvalue weighted by molar-refractivity contribution is 0.0650. The average molecular weight is 462 g/mol. The standard InChI is InChI=1S/C26H27N3O3S/c30-26(29-20-18-28(19-21-29)17-7-10-22-8-3-1-4-9-22)23-13-15-25(16-14-23)33(31,32)27-24-11-5-2-6-12-24/h1-16,27H,17-21H2/b10-7+. The molecule has 0 spiro atoms. The van der Waals surface area contributed by atoms with Crippen LogP contribution in [0.15, 0.2) is 95.9 Å². The zero-order chi connectivity index (χ0) is 23.1. The number of benzene rings is 3. The molecule has 7 heteroatoms. The molecule has 170 valence electrons. The fourth-order valence-electron chi connectivity index (χ4n) is 3.72. The molecule has 1 fully saturated rings. The summed E-state index contributed by atoms with van der Waals surface area (Å²) >= 11 is 0. The predicted octanol–water partition coefficient (Wildman–Crippen LogP) is 3.96. The highest BCUT2D eigenvalue weighted by atomic mass is 32.2. The van der Waals surface area contributed by atoms with E-state index >= 15 is 0 Å². The molecule has 0 saturated carbocycles. The minimum Gasteiger partial charge on any atom is -0.336 e. The molecule has 3 aromatic carbocycles. The Morgan fingerprint density at radius 3 is 2.06 bits per heavy atom. The van der Waals surface area contributed by atoms with E-state index in [0.717, 1.165) is 19.6 Å². The number of piperazine rings is 1. The highest BCUT2D eigenvalue weighted by Gasteiger charge is 2.22. The molecule has 1 heterocycles. The average Bonchev–Trinajstić information content (AvgIpc) is 2.85. The Hall–Kier alpha value is -3.42. The molecule has 0 radical (unpaired) electrons. The predicted molar refractivity (Wildman–Crippen MR) is 132 cm³/mol. The van der Waals surface area contributed by atoms with Crippen LogP contribution in [0.5, 0.6) is 0 Å². The molecule has 0 atom stereocenters. The number of hydrogen-bond acceptors (Lipinski definition) is 4.